The van der Waals surface area contributed by atoms with Gasteiger partial charge >= 0.3 is 0 Å². The van der Waals surface area contributed by atoms with Gasteiger partial charge in [-0.25, -0.2) is 0 Å². The molecule has 4 rings (SSSR count). The van der Waals surface area contributed by atoms with E-state index in [1.54, 1.807) is 22.7 Å². The maximum Gasteiger partial charge on any atom is 0.245 e. The smallest absolute Gasteiger partial charge is 0.245 e. The van der Waals surface area contributed by atoms with E-state index in [0.29, 0.717) is 6.54 Å². The lowest BCUT2D eigenvalue weighted by atomic mass is 9.98. The average Bonchev–Trinajstić information content (AvgIpc) is 3.28. The van der Waals surface area contributed by atoms with Crippen LogP contribution in [0.5, 0.6) is 0 Å². The Morgan fingerprint density at radius 2 is 2.17 bits per heavy atom. The SMILES string of the molecule is Cc1cc(C)n(CC(=O)N2CCc3sccc3C2c2cccs2)n1. The normalized spacial score (nSPS) is 17.1. The fourth-order valence-electron chi connectivity index (χ4n) is 3.39. The van der Waals surface area contributed by atoms with Gasteiger partial charge in [-0.15, -0.1) is 22.7 Å². The van der Waals surface area contributed by atoms with Crippen molar-refractivity contribution in [3.05, 3.63) is 61.7 Å². The number of carbonyl (C=O) groups is 1. The van der Waals surface area contributed by atoms with Crippen molar-refractivity contribution in [2.75, 3.05) is 6.54 Å². The molecule has 3 aromatic heterocycles. The molecule has 0 spiro atoms. The first-order valence-corrected chi connectivity index (χ1v) is 9.79. The van der Waals surface area contributed by atoms with Gasteiger partial charge in [0.2, 0.25) is 5.91 Å². The summed E-state index contributed by atoms with van der Waals surface area (Å²) in [5.41, 5.74) is 3.27. The van der Waals surface area contributed by atoms with Crippen LogP contribution in [0.4, 0.5) is 0 Å². The molecule has 0 fully saturated rings. The number of fused-ring (bicyclic) bond motifs is 1. The van der Waals surface area contributed by atoms with Crippen molar-refractivity contribution in [2.24, 2.45) is 0 Å². The van der Waals surface area contributed by atoms with Crippen LogP contribution in [-0.4, -0.2) is 27.1 Å². The summed E-state index contributed by atoms with van der Waals surface area (Å²) in [5, 5.41) is 8.66. The Hall–Kier alpha value is -1.92. The highest BCUT2D eigenvalue weighted by atomic mass is 32.1. The Kier molecular flexibility index (Phi) is 4.02. The van der Waals surface area contributed by atoms with E-state index in [2.05, 4.69) is 34.1 Å². The maximum atomic E-state index is 13.0. The van der Waals surface area contributed by atoms with E-state index in [0.717, 1.165) is 24.4 Å². The van der Waals surface area contributed by atoms with Crippen molar-refractivity contribution in [1.82, 2.24) is 14.7 Å². The molecule has 1 unspecified atom stereocenters. The zero-order valence-corrected chi connectivity index (χ0v) is 15.4. The van der Waals surface area contributed by atoms with Crippen LogP contribution in [0.15, 0.2) is 35.0 Å². The molecule has 3 aromatic rings. The molecule has 1 aliphatic heterocycles. The van der Waals surface area contributed by atoms with Gasteiger partial charge in [0.1, 0.15) is 6.54 Å². The second-order valence-corrected chi connectivity index (χ2v) is 8.12. The van der Waals surface area contributed by atoms with Crippen molar-refractivity contribution >= 4 is 28.6 Å². The Morgan fingerprint density at radius 1 is 1.29 bits per heavy atom. The van der Waals surface area contributed by atoms with Gasteiger partial charge in [0.05, 0.1) is 11.7 Å². The maximum absolute atomic E-state index is 13.0. The number of hydrogen-bond acceptors (Lipinski definition) is 4. The lowest BCUT2D eigenvalue weighted by molar-refractivity contribution is -0.134. The fourth-order valence-corrected chi connectivity index (χ4v) is 5.15. The lowest BCUT2D eigenvalue weighted by Gasteiger charge is -2.35. The van der Waals surface area contributed by atoms with E-state index in [9.17, 15) is 4.79 Å². The van der Waals surface area contributed by atoms with E-state index in [-0.39, 0.29) is 11.9 Å². The number of amides is 1. The minimum Gasteiger partial charge on any atom is -0.329 e. The molecule has 1 amide bonds. The predicted octanol–water partition coefficient (Wildman–Crippen LogP) is 3.80. The molecule has 0 saturated carbocycles. The minimum atomic E-state index is 0.0458. The van der Waals surface area contributed by atoms with Crippen LogP contribution < -0.4 is 0 Å². The molecule has 124 valence electrons. The van der Waals surface area contributed by atoms with Crippen LogP contribution >= 0.6 is 22.7 Å². The monoisotopic (exact) mass is 357 g/mol. The number of aryl methyl sites for hydroxylation is 2. The number of thiophene rings is 2. The summed E-state index contributed by atoms with van der Waals surface area (Å²) in [5.74, 6) is 0.136. The zero-order chi connectivity index (χ0) is 16.7. The van der Waals surface area contributed by atoms with Crippen LogP contribution in [0.1, 0.15) is 32.7 Å². The van der Waals surface area contributed by atoms with Gasteiger partial charge in [-0.3, -0.25) is 9.48 Å². The third kappa shape index (κ3) is 2.70. The minimum absolute atomic E-state index is 0.0458. The average molecular weight is 358 g/mol. The topological polar surface area (TPSA) is 38.1 Å². The van der Waals surface area contributed by atoms with Crippen LogP contribution in [-0.2, 0) is 17.8 Å². The van der Waals surface area contributed by atoms with Gasteiger partial charge in [-0.05, 0) is 54.8 Å². The molecule has 6 heteroatoms. The third-order valence-electron chi connectivity index (χ3n) is 4.49. The number of nitrogens with zero attached hydrogens (tertiary/aromatic N) is 3. The van der Waals surface area contributed by atoms with Gasteiger partial charge in [0, 0.05) is 22.0 Å². The zero-order valence-electron chi connectivity index (χ0n) is 13.7. The highest BCUT2D eigenvalue weighted by Gasteiger charge is 2.33. The predicted molar refractivity (Wildman–Crippen MR) is 97.6 cm³/mol. The summed E-state index contributed by atoms with van der Waals surface area (Å²) in [4.78, 5) is 17.7. The summed E-state index contributed by atoms with van der Waals surface area (Å²) in [7, 11) is 0. The first-order chi connectivity index (χ1) is 11.6. The van der Waals surface area contributed by atoms with Crippen LogP contribution in [0, 0.1) is 13.8 Å². The Labute approximate surface area is 149 Å². The molecule has 0 aliphatic carbocycles. The van der Waals surface area contributed by atoms with Gasteiger partial charge in [-0.1, -0.05) is 6.07 Å². The summed E-state index contributed by atoms with van der Waals surface area (Å²) in [6.07, 6.45) is 0.942. The van der Waals surface area contributed by atoms with Crippen molar-refractivity contribution < 1.29 is 4.79 Å². The standard InChI is InChI=1S/C18H19N3OS2/c1-12-10-13(2)21(19-12)11-17(22)20-7-5-15-14(6-9-24-15)18(20)16-4-3-8-23-16/h3-4,6,8-10,18H,5,7,11H2,1-2H3. The summed E-state index contributed by atoms with van der Waals surface area (Å²) >= 11 is 3.52. The molecule has 24 heavy (non-hydrogen) atoms. The van der Waals surface area contributed by atoms with E-state index in [4.69, 9.17) is 0 Å². The van der Waals surface area contributed by atoms with Gasteiger partial charge < -0.3 is 4.90 Å². The summed E-state index contributed by atoms with van der Waals surface area (Å²) < 4.78 is 1.81. The molecule has 0 radical (unpaired) electrons. The van der Waals surface area contributed by atoms with Gasteiger partial charge in [0.15, 0.2) is 0 Å². The van der Waals surface area contributed by atoms with E-state index >= 15 is 0 Å². The Morgan fingerprint density at radius 3 is 2.88 bits per heavy atom. The number of hydrogen-bond donors (Lipinski definition) is 0. The molecule has 1 atom stereocenters. The van der Waals surface area contributed by atoms with E-state index in [1.165, 1.54) is 15.3 Å². The lowest BCUT2D eigenvalue weighted by Crippen LogP contribution is -2.41. The largest absolute Gasteiger partial charge is 0.329 e. The van der Waals surface area contributed by atoms with Crippen LogP contribution in [0.2, 0.25) is 0 Å². The molecule has 0 bridgehead atoms. The van der Waals surface area contributed by atoms with Crippen molar-refractivity contribution in [1.29, 1.82) is 0 Å². The highest BCUT2D eigenvalue weighted by Crippen LogP contribution is 2.39. The molecule has 0 saturated heterocycles. The molecule has 4 nitrogen and oxygen atoms in total. The molecular weight excluding hydrogens is 338 g/mol. The molecule has 4 heterocycles. The molecule has 1 aliphatic rings. The second-order valence-electron chi connectivity index (χ2n) is 6.14. The molecule has 0 aromatic carbocycles. The Bertz CT molecular complexity index is 863. The van der Waals surface area contributed by atoms with Crippen LogP contribution in [0.3, 0.4) is 0 Å². The van der Waals surface area contributed by atoms with E-state index < -0.39 is 0 Å². The van der Waals surface area contributed by atoms with Crippen LogP contribution in [0.25, 0.3) is 0 Å². The molecular formula is C18H19N3OS2. The summed E-state index contributed by atoms with van der Waals surface area (Å²) in [6.45, 7) is 5.04. The fraction of sp³-hybridized carbons (Fsp3) is 0.333. The first-order valence-electron chi connectivity index (χ1n) is 8.03. The van der Waals surface area contributed by atoms with Crippen molar-refractivity contribution in [3.63, 3.8) is 0 Å². The summed E-state index contributed by atoms with van der Waals surface area (Å²) in [6, 6.07) is 8.42. The number of aromatic nitrogens is 2. The second kappa shape index (κ2) is 6.18. The van der Waals surface area contributed by atoms with Gasteiger partial charge in [-0.2, -0.15) is 5.10 Å². The first kappa shape index (κ1) is 15.6. The molecule has 0 N–H and O–H groups in total. The third-order valence-corrected chi connectivity index (χ3v) is 6.41. The van der Waals surface area contributed by atoms with Crippen molar-refractivity contribution in [3.8, 4) is 0 Å². The number of carbonyl (C=O) groups excluding carboxylic acids is 1. The highest BCUT2D eigenvalue weighted by molar-refractivity contribution is 7.10. The Balaban J connectivity index is 1.66. The van der Waals surface area contributed by atoms with Crippen molar-refractivity contribution in [2.45, 2.75) is 32.9 Å². The van der Waals surface area contributed by atoms with Gasteiger partial charge in [0.25, 0.3) is 0 Å². The van der Waals surface area contributed by atoms with E-state index in [1.807, 2.05) is 29.5 Å². The number of rotatable bonds is 3. The quantitative estimate of drug-likeness (QED) is 0.715.